The number of aromatic amines is 1. The van der Waals surface area contributed by atoms with Crippen LogP contribution in [0, 0.1) is 0 Å². The largest absolute Gasteiger partial charge is 0.368 e. The lowest BCUT2D eigenvalue weighted by Gasteiger charge is -2.29. The van der Waals surface area contributed by atoms with Crippen molar-refractivity contribution in [1.29, 1.82) is 0 Å². The number of halogens is 1. The predicted molar refractivity (Wildman–Crippen MR) is 132 cm³/mol. The van der Waals surface area contributed by atoms with Crippen LogP contribution in [0.2, 0.25) is 0 Å². The summed E-state index contributed by atoms with van der Waals surface area (Å²) < 4.78 is 15.4. The minimum absolute atomic E-state index is 0.0729. The van der Waals surface area contributed by atoms with Crippen molar-refractivity contribution in [2.75, 3.05) is 18.0 Å². The van der Waals surface area contributed by atoms with Gasteiger partial charge in [-0.1, -0.05) is 18.2 Å². The number of rotatable bonds is 4. The number of pyridine rings is 1. The quantitative estimate of drug-likeness (QED) is 0.472. The van der Waals surface area contributed by atoms with E-state index >= 15 is 0 Å². The molecule has 1 aliphatic carbocycles. The highest BCUT2D eigenvalue weighted by Crippen LogP contribution is 2.34. The second kappa shape index (κ2) is 8.79. The third-order valence-electron chi connectivity index (χ3n) is 7.40. The molecule has 9 heteroatoms. The zero-order chi connectivity index (χ0) is 23.9. The molecule has 180 valence electrons. The summed E-state index contributed by atoms with van der Waals surface area (Å²) in [4.78, 5) is 31.6. The van der Waals surface area contributed by atoms with Crippen LogP contribution >= 0.6 is 0 Å². The maximum absolute atomic E-state index is 13.6. The van der Waals surface area contributed by atoms with E-state index in [9.17, 15) is 14.0 Å². The molecule has 0 spiro atoms. The van der Waals surface area contributed by atoms with Crippen molar-refractivity contribution in [3.8, 4) is 0 Å². The number of anilines is 1. The van der Waals surface area contributed by atoms with E-state index in [1.165, 1.54) is 0 Å². The van der Waals surface area contributed by atoms with Crippen molar-refractivity contribution in [3.05, 3.63) is 70.5 Å². The maximum atomic E-state index is 13.6. The lowest BCUT2D eigenvalue weighted by Crippen LogP contribution is -2.38. The molecule has 2 N–H and O–H groups in total. The first-order valence-electron chi connectivity index (χ1n) is 12.2. The van der Waals surface area contributed by atoms with E-state index in [-0.39, 0.29) is 23.4 Å². The molecule has 2 aliphatic rings. The molecule has 4 heterocycles. The minimum atomic E-state index is -0.791. The molecule has 1 saturated heterocycles. The van der Waals surface area contributed by atoms with E-state index in [4.69, 9.17) is 0 Å². The average Bonchev–Trinajstić information content (AvgIpc) is 3.51. The summed E-state index contributed by atoms with van der Waals surface area (Å²) in [5.74, 6) is 0.0972. The van der Waals surface area contributed by atoms with Crippen LogP contribution in [0.15, 0.2) is 53.6 Å². The Kier molecular flexibility index (Phi) is 5.47. The van der Waals surface area contributed by atoms with Gasteiger partial charge < -0.3 is 10.2 Å². The third kappa shape index (κ3) is 4.05. The van der Waals surface area contributed by atoms with Crippen molar-refractivity contribution in [2.45, 2.75) is 50.2 Å². The van der Waals surface area contributed by atoms with E-state index in [0.717, 1.165) is 42.5 Å². The SMILES string of the molecule is O=C(N[C@H]1CC[C@H](c2n[nH]c(=O)c3ccccc32)CC1)c1cnc2cc(N3CC[C@H](F)C3)ccn12. The Morgan fingerprint density at radius 3 is 2.66 bits per heavy atom. The molecule has 0 unspecified atom stereocenters. The van der Waals surface area contributed by atoms with Gasteiger partial charge in [-0.3, -0.25) is 14.0 Å². The third-order valence-corrected chi connectivity index (χ3v) is 7.40. The zero-order valence-electron chi connectivity index (χ0n) is 19.3. The van der Waals surface area contributed by atoms with E-state index in [0.29, 0.717) is 36.2 Å². The summed E-state index contributed by atoms with van der Waals surface area (Å²) in [5, 5.41) is 11.7. The molecule has 8 nitrogen and oxygen atoms in total. The normalized spacial score (nSPS) is 22.7. The molecule has 3 aromatic heterocycles. The first kappa shape index (κ1) is 21.8. The molecule has 6 rings (SSSR count). The Morgan fingerprint density at radius 1 is 1.09 bits per heavy atom. The molecule has 1 aliphatic heterocycles. The molecule has 35 heavy (non-hydrogen) atoms. The summed E-state index contributed by atoms with van der Waals surface area (Å²) in [6.45, 7) is 1.09. The van der Waals surface area contributed by atoms with Gasteiger partial charge in [0.1, 0.15) is 17.5 Å². The van der Waals surface area contributed by atoms with Crippen molar-refractivity contribution in [3.63, 3.8) is 0 Å². The van der Waals surface area contributed by atoms with E-state index in [1.807, 2.05) is 47.5 Å². The number of hydrogen-bond acceptors (Lipinski definition) is 5. The molecule has 0 radical (unpaired) electrons. The standard InChI is InChI=1S/C26H27FN6O2/c27-17-9-11-32(15-17)19-10-12-33-22(14-28-23(33)13-19)26(35)29-18-7-5-16(6-8-18)24-20-3-1-2-4-21(20)25(34)31-30-24/h1-4,10,12-14,16-18H,5-9,11,15H2,(H,29,35)(H,31,34)/t16-,17-,18-/m0/s1. The number of aromatic nitrogens is 4. The van der Waals surface area contributed by atoms with Crippen LogP contribution < -0.4 is 15.8 Å². The number of benzene rings is 1. The average molecular weight is 475 g/mol. The Balaban J connectivity index is 1.13. The fourth-order valence-electron chi connectivity index (χ4n) is 5.50. The Morgan fingerprint density at radius 2 is 1.89 bits per heavy atom. The smallest absolute Gasteiger partial charge is 0.272 e. The fourth-order valence-corrected chi connectivity index (χ4v) is 5.50. The van der Waals surface area contributed by atoms with Gasteiger partial charge in [0.05, 0.1) is 17.3 Å². The second-order valence-corrected chi connectivity index (χ2v) is 9.59. The molecule has 2 fully saturated rings. The Hall–Kier alpha value is -3.75. The molecular weight excluding hydrogens is 447 g/mol. The molecular formula is C26H27FN6O2. The maximum Gasteiger partial charge on any atom is 0.272 e. The molecule has 1 aromatic carbocycles. The van der Waals surface area contributed by atoms with Crippen LogP contribution in [0.3, 0.4) is 0 Å². The summed E-state index contributed by atoms with van der Waals surface area (Å²) in [5.41, 5.74) is 2.86. The van der Waals surface area contributed by atoms with E-state index < -0.39 is 6.17 Å². The minimum Gasteiger partial charge on any atom is -0.368 e. The number of carbonyl (C=O) groups is 1. The summed E-state index contributed by atoms with van der Waals surface area (Å²) >= 11 is 0. The molecule has 0 bridgehead atoms. The highest BCUT2D eigenvalue weighted by Gasteiger charge is 2.27. The van der Waals surface area contributed by atoms with Gasteiger partial charge in [-0.2, -0.15) is 5.10 Å². The zero-order valence-corrected chi connectivity index (χ0v) is 19.3. The number of imidazole rings is 1. The van der Waals surface area contributed by atoms with Crippen LogP contribution in [-0.4, -0.2) is 50.8 Å². The van der Waals surface area contributed by atoms with E-state index in [1.54, 1.807) is 10.6 Å². The van der Waals surface area contributed by atoms with Crippen molar-refractivity contribution in [1.82, 2.24) is 24.9 Å². The second-order valence-electron chi connectivity index (χ2n) is 9.59. The summed E-state index contributed by atoms with van der Waals surface area (Å²) in [7, 11) is 0. The van der Waals surface area contributed by atoms with Crippen LogP contribution in [0.25, 0.3) is 16.4 Å². The molecule has 1 atom stereocenters. The highest BCUT2D eigenvalue weighted by atomic mass is 19.1. The van der Waals surface area contributed by atoms with Gasteiger partial charge in [0.15, 0.2) is 0 Å². The number of carbonyl (C=O) groups excluding carboxylic acids is 1. The van der Waals surface area contributed by atoms with Crippen molar-refractivity contribution >= 4 is 28.0 Å². The van der Waals surface area contributed by atoms with Gasteiger partial charge >= 0.3 is 0 Å². The van der Waals surface area contributed by atoms with Gasteiger partial charge in [0.2, 0.25) is 0 Å². The van der Waals surface area contributed by atoms with Crippen molar-refractivity contribution in [2.24, 2.45) is 0 Å². The molecule has 1 amide bonds. The molecule has 4 aromatic rings. The van der Waals surface area contributed by atoms with Gasteiger partial charge in [-0.15, -0.1) is 0 Å². The number of alkyl halides is 1. The van der Waals surface area contributed by atoms with Crippen molar-refractivity contribution < 1.29 is 9.18 Å². The van der Waals surface area contributed by atoms with Gasteiger partial charge in [-0.25, -0.2) is 14.5 Å². The topological polar surface area (TPSA) is 95.4 Å². The van der Waals surface area contributed by atoms with Crippen LogP contribution in [0.5, 0.6) is 0 Å². The van der Waals surface area contributed by atoms with E-state index in [2.05, 4.69) is 20.5 Å². The number of nitrogens with one attached hydrogen (secondary N) is 2. The fraction of sp³-hybridized carbons (Fsp3) is 0.385. The Labute approximate surface area is 201 Å². The monoisotopic (exact) mass is 474 g/mol. The number of H-pyrrole nitrogens is 1. The molecule has 1 saturated carbocycles. The lowest BCUT2D eigenvalue weighted by molar-refractivity contribution is 0.0919. The summed E-state index contributed by atoms with van der Waals surface area (Å²) in [6, 6.07) is 11.5. The Bertz CT molecular complexity index is 1460. The first-order valence-corrected chi connectivity index (χ1v) is 12.2. The predicted octanol–water partition coefficient (Wildman–Crippen LogP) is 3.58. The van der Waals surface area contributed by atoms with Gasteiger partial charge in [-0.05, 0) is 44.2 Å². The van der Waals surface area contributed by atoms with Gasteiger partial charge in [0, 0.05) is 48.4 Å². The van der Waals surface area contributed by atoms with Crippen LogP contribution in [0.4, 0.5) is 10.1 Å². The number of amides is 1. The van der Waals surface area contributed by atoms with Crippen LogP contribution in [0.1, 0.15) is 54.2 Å². The number of hydrogen-bond donors (Lipinski definition) is 2. The number of nitrogens with zero attached hydrogens (tertiary/aromatic N) is 4. The number of fused-ring (bicyclic) bond motifs is 2. The van der Waals surface area contributed by atoms with Gasteiger partial charge in [0.25, 0.3) is 11.5 Å². The lowest BCUT2D eigenvalue weighted by atomic mass is 9.82. The first-order chi connectivity index (χ1) is 17.1. The highest BCUT2D eigenvalue weighted by molar-refractivity contribution is 5.93. The summed E-state index contributed by atoms with van der Waals surface area (Å²) in [6.07, 6.45) is 6.63. The van der Waals surface area contributed by atoms with Crippen LogP contribution in [-0.2, 0) is 0 Å².